The van der Waals surface area contributed by atoms with Crippen molar-refractivity contribution < 1.29 is 17.6 Å². The number of sulfonamides is 1. The van der Waals surface area contributed by atoms with Crippen molar-refractivity contribution in [3.63, 3.8) is 0 Å². The van der Waals surface area contributed by atoms with Crippen LogP contribution in [0.3, 0.4) is 0 Å². The van der Waals surface area contributed by atoms with Crippen molar-refractivity contribution >= 4 is 21.6 Å². The van der Waals surface area contributed by atoms with Gasteiger partial charge in [-0.25, -0.2) is 12.8 Å². The molecule has 0 saturated heterocycles. The van der Waals surface area contributed by atoms with Crippen LogP contribution in [0, 0.1) is 12.7 Å². The van der Waals surface area contributed by atoms with Crippen LogP contribution in [-0.4, -0.2) is 34.0 Å². The first-order chi connectivity index (χ1) is 12.2. The molecule has 0 bridgehead atoms. The van der Waals surface area contributed by atoms with E-state index in [0.29, 0.717) is 6.54 Å². The van der Waals surface area contributed by atoms with Crippen molar-refractivity contribution in [2.75, 3.05) is 18.3 Å². The van der Waals surface area contributed by atoms with Crippen molar-refractivity contribution in [3.8, 4) is 0 Å². The number of hydrogen-bond acceptors (Lipinski definition) is 4. The number of nitrogens with one attached hydrogen (secondary N) is 3. The summed E-state index contributed by atoms with van der Waals surface area (Å²) in [4.78, 5) is 12.3. The second-order valence-corrected chi connectivity index (χ2v) is 7.64. The van der Waals surface area contributed by atoms with Gasteiger partial charge < -0.3 is 10.6 Å². The first kappa shape index (κ1) is 19.9. The summed E-state index contributed by atoms with van der Waals surface area (Å²) in [5.74, 6) is -0.872. The lowest BCUT2D eigenvalue weighted by Crippen LogP contribution is -2.37. The zero-order chi connectivity index (χ0) is 19.3. The van der Waals surface area contributed by atoms with E-state index in [4.69, 9.17) is 0 Å². The summed E-state index contributed by atoms with van der Waals surface area (Å²) in [6, 6.07) is 9.91. The fourth-order valence-electron chi connectivity index (χ4n) is 2.20. The summed E-state index contributed by atoms with van der Waals surface area (Å²) in [5, 5.41) is 5.75. The molecule has 0 aliphatic rings. The lowest BCUT2D eigenvalue weighted by molar-refractivity contribution is 0.0951. The maximum Gasteiger partial charge on any atom is 0.261 e. The van der Waals surface area contributed by atoms with Crippen LogP contribution in [0.5, 0.6) is 0 Å². The van der Waals surface area contributed by atoms with Crippen LogP contribution in [0.4, 0.5) is 10.1 Å². The SMILES string of the molecule is CNC(C)CNC(=O)c1ccccc1NS(=O)(=O)c1ccc(F)c(C)c1. The minimum absolute atomic E-state index is 0.0737. The highest BCUT2D eigenvalue weighted by Crippen LogP contribution is 2.21. The molecule has 2 aromatic rings. The Morgan fingerprint density at radius 2 is 1.88 bits per heavy atom. The zero-order valence-electron chi connectivity index (χ0n) is 14.8. The van der Waals surface area contributed by atoms with Crippen LogP contribution >= 0.6 is 0 Å². The molecule has 8 heteroatoms. The normalized spacial score (nSPS) is 12.5. The van der Waals surface area contributed by atoms with Gasteiger partial charge in [0.25, 0.3) is 15.9 Å². The average molecular weight is 379 g/mol. The first-order valence-electron chi connectivity index (χ1n) is 8.08. The number of amides is 1. The van der Waals surface area contributed by atoms with Crippen molar-refractivity contribution in [2.24, 2.45) is 0 Å². The van der Waals surface area contributed by atoms with E-state index >= 15 is 0 Å². The van der Waals surface area contributed by atoms with Crippen LogP contribution in [0.25, 0.3) is 0 Å². The molecule has 0 saturated carbocycles. The molecule has 2 rings (SSSR count). The highest BCUT2D eigenvalue weighted by atomic mass is 32.2. The second-order valence-electron chi connectivity index (χ2n) is 5.96. The zero-order valence-corrected chi connectivity index (χ0v) is 15.7. The Labute approximate surface area is 152 Å². The van der Waals surface area contributed by atoms with Gasteiger partial charge >= 0.3 is 0 Å². The Morgan fingerprint density at radius 3 is 2.54 bits per heavy atom. The molecule has 26 heavy (non-hydrogen) atoms. The van der Waals surface area contributed by atoms with Crippen LogP contribution in [0.2, 0.25) is 0 Å². The third-order valence-electron chi connectivity index (χ3n) is 3.92. The molecule has 0 aliphatic carbocycles. The van der Waals surface area contributed by atoms with Crippen LogP contribution in [-0.2, 0) is 10.0 Å². The predicted molar refractivity (Wildman–Crippen MR) is 99.2 cm³/mol. The van der Waals surface area contributed by atoms with Crippen LogP contribution in [0.1, 0.15) is 22.8 Å². The fourth-order valence-corrected chi connectivity index (χ4v) is 3.37. The Kier molecular flexibility index (Phi) is 6.33. The lowest BCUT2D eigenvalue weighted by atomic mass is 10.1. The third-order valence-corrected chi connectivity index (χ3v) is 5.28. The summed E-state index contributed by atoms with van der Waals surface area (Å²) in [6.07, 6.45) is 0. The fraction of sp³-hybridized carbons (Fsp3) is 0.278. The average Bonchev–Trinajstić information content (AvgIpc) is 2.61. The van der Waals surface area contributed by atoms with Gasteiger partial charge in [-0.1, -0.05) is 12.1 Å². The maximum absolute atomic E-state index is 13.4. The minimum Gasteiger partial charge on any atom is -0.350 e. The van der Waals surface area contributed by atoms with Crippen molar-refractivity contribution in [1.29, 1.82) is 0 Å². The summed E-state index contributed by atoms with van der Waals surface area (Å²) < 4.78 is 40.9. The third kappa shape index (κ3) is 4.80. The van der Waals surface area contributed by atoms with Gasteiger partial charge in [0.1, 0.15) is 5.82 Å². The molecule has 0 aromatic heterocycles. The van der Waals surface area contributed by atoms with E-state index in [-0.39, 0.29) is 33.7 Å². The molecule has 6 nitrogen and oxygen atoms in total. The maximum atomic E-state index is 13.4. The van der Waals surface area contributed by atoms with Crippen molar-refractivity contribution in [1.82, 2.24) is 10.6 Å². The van der Waals surface area contributed by atoms with Crippen molar-refractivity contribution in [2.45, 2.75) is 24.8 Å². The van der Waals surface area contributed by atoms with Crippen LogP contribution < -0.4 is 15.4 Å². The predicted octanol–water partition coefficient (Wildman–Crippen LogP) is 2.27. The highest BCUT2D eigenvalue weighted by Gasteiger charge is 2.19. The standard InChI is InChI=1S/C18H22FN3O3S/c1-12-10-14(8-9-16(12)19)26(24,25)22-17-7-5-4-6-15(17)18(23)21-11-13(2)20-3/h4-10,13,20,22H,11H2,1-3H3,(H,21,23). The first-order valence-corrected chi connectivity index (χ1v) is 9.56. The number of rotatable bonds is 7. The second kappa shape index (κ2) is 8.29. The number of halogens is 1. The Morgan fingerprint density at radius 1 is 1.19 bits per heavy atom. The van der Waals surface area contributed by atoms with Crippen molar-refractivity contribution in [3.05, 3.63) is 59.4 Å². The molecule has 1 amide bonds. The number of hydrogen-bond donors (Lipinski definition) is 3. The van der Waals surface area contributed by atoms with Gasteiger partial charge in [-0.3, -0.25) is 9.52 Å². The quantitative estimate of drug-likeness (QED) is 0.689. The van der Waals surface area contributed by atoms with Gasteiger partial charge in [0, 0.05) is 12.6 Å². The minimum atomic E-state index is -3.95. The van der Waals surface area contributed by atoms with Gasteiger partial charge in [-0.15, -0.1) is 0 Å². The van der Waals surface area contributed by atoms with E-state index in [1.807, 2.05) is 6.92 Å². The monoisotopic (exact) mass is 379 g/mol. The molecule has 1 atom stereocenters. The topological polar surface area (TPSA) is 87.3 Å². The van der Waals surface area contributed by atoms with Gasteiger partial charge in [0.15, 0.2) is 0 Å². The molecule has 140 valence electrons. The highest BCUT2D eigenvalue weighted by molar-refractivity contribution is 7.92. The number of carbonyl (C=O) groups excluding carboxylic acids is 1. The smallest absolute Gasteiger partial charge is 0.261 e. The van der Waals surface area contributed by atoms with Gasteiger partial charge in [0.2, 0.25) is 0 Å². The molecule has 2 aromatic carbocycles. The number of para-hydroxylation sites is 1. The number of benzene rings is 2. The molecule has 0 fully saturated rings. The number of anilines is 1. The van der Waals surface area contributed by atoms with Crippen LogP contribution in [0.15, 0.2) is 47.4 Å². The Hall–Kier alpha value is -2.45. The summed E-state index contributed by atoms with van der Waals surface area (Å²) in [7, 11) is -2.17. The van der Waals surface area contributed by atoms with E-state index in [9.17, 15) is 17.6 Å². The van der Waals surface area contributed by atoms with E-state index in [2.05, 4.69) is 15.4 Å². The van der Waals surface area contributed by atoms with Gasteiger partial charge in [0.05, 0.1) is 16.1 Å². The molecule has 0 radical (unpaired) electrons. The summed E-state index contributed by atoms with van der Waals surface area (Å²) in [6.45, 7) is 3.79. The summed E-state index contributed by atoms with van der Waals surface area (Å²) >= 11 is 0. The molecular weight excluding hydrogens is 357 g/mol. The molecule has 1 unspecified atom stereocenters. The Bertz CT molecular complexity index is 900. The largest absolute Gasteiger partial charge is 0.350 e. The number of carbonyl (C=O) groups is 1. The van der Waals surface area contributed by atoms with Gasteiger partial charge in [-0.05, 0) is 56.8 Å². The molecule has 3 N–H and O–H groups in total. The lowest BCUT2D eigenvalue weighted by Gasteiger charge is -2.15. The van der Waals surface area contributed by atoms with E-state index in [1.54, 1.807) is 19.2 Å². The molecule has 0 spiro atoms. The van der Waals surface area contributed by atoms with E-state index < -0.39 is 15.8 Å². The number of aryl methyl sites for hydroxylation is 1. The molecular formula is C18H22FN3O3S. The summed E-state index contributed by atoms with van der Waals surface area (Å²) in [5.41, 5.74) is 0.585. The van der Waals surface area contributed by atoms with E-state index in [0.717, 1.165) is 6.07 Å². The molecule has 0 heterocycles. The number of likely N-dealkylation sites (N-methyl/N-ethyl adjacent to an activating group) is 1. The molecule has 0 aliphatic heterocycles. The van der Waals surface area contributed by atoms with Gasteiger partial charge in [-0.2, -0.15) is 0 Å². The van der Waals surface area contributed by atoms with E-state index in [1.165, 1.54) is 31.2 Å². The Balaban J connectivity index is 2.26.